The van der Waals surface area contributed by atoms with Gasteiger partial charge in [-0.15, -0.1) is 16.6 Å². The molecule has 0 amide bonds. The number of hydrogen-bond acceptors (Lipinski definition) is 4. The Morgan fingerprint density at radius 2 is 2.12 bits per heavy atom. The molecular formula is C16H23Cl2N5O. The van der Waals surface area contributed by atoms with E-state index < -0.39 is 11.1 Å². The van der Waals surface area contributed by atoms with Crippen molar-refractivity contribution >= 4 is 35.2 Å². The van der Waals surface area contributed by atoms with Crippen molar-refractivity contribution in [2.75, 3.05) is 0 Å². The summed E-state index contributed by atoms with van der Waals surface area (Å²) in [6, 6.07) is 1.80. The maximum absolute atomic E-state index is 10.4. The van der Waals surface area contributed by atoms with Gasteiger partial charge in [0, 0.05) is 22.7 Å². The predicted molar refractivity (Wildman–Crippen MR) is 97.2 cm³/mol. The average Bonchev–Trinajstić information content (AvgIpc) is 2.58. The molecule has 0 spiro atoms. The number of hydroxylamine groups is 2. The zero-order valence-corrected chi connectivity index (χ0v) is 15.8. The first-order valence-electron chi connectivity index (χ1n) is 7.75. The number of nitrogens with zero attached hydrogens (tertiary/aromatic N) is 3. The zero-order chi connectivity index (χ0) is 18.1. The minimum absolute atomic E-state index is 0.201. The number of allylic oxidation sites excluding steroid dienone is 3. The summed E-state index contributed by atoms with van der Waals surface area (Å²) in [6.45, 7) is 7.77. The van der Waals surface area contributed by atoms with Crippen molar-refractivity contribution in [3.63, 3.8) is 0 Å². The Kier molecular flexibility index (Phi) is 5.57. The summed E-state index contributed by atoms with van der Waals surface area (Å²) < 4.78 is 0. The van der Waals surface area contributed by atoms with Crippen LogP contribution in [0.5, 0.6) is 0 Å². The van der Waals surface area contributed by atoms with Crippen molar-refractivity contribution in [1.82, 2.24) is 10.4 Å². The van der Waals surface area contributed by atoms with Crippen LogP contribution in [0.2, 0.25) is 0 Å². The summed E-state index contributed by atoms with van der Waals surface area (Å²) in [4.78, 5) is 8.48. The second-order valence-electron chi connectivity index (χ2n) is 7.23. The van der Waals surface area contributed by atoms with Gasteiger partial charge in [-0.2, -0.15) is 5.06 Å². The van der Waals surface area contributed by atoms with Crippen molar-refractivity contribution in [2.24, 2.45) is 9.98 Å². The third-order valence-electron chi connectivity index (χ3n) is 4.39. The monoisotopic (exact) mass is 371 g/mol. The topological polar surface area (TPSA) is 84.1 Å². The van der Waals surface area contributed by atoms with Gasteiger partial charge < -0.3 is 10.5 Å². The van der Waals surface area contributed by atoms with E-state index in [1.165, 1.54) is 5.06 Å². The van der Waals surface area contributed by atoms with Crippen LogP contribution >= 0.6 is 23.2 Å². The maximum Gasteiger partial charge on any atom is 0.232 e. The Morgan fingerprint density at radius 3 is 2.62 bits per heavy atom. The summed E-state index contributed by atoms with van der Waals surface area (Å²) in [7, 11) is 0. The Labute approximate surface area is 152 Å². The number of alkyl halides is 1. The molecule has 0 aromatic carbocycles. The van der Waals surface area contributed by atoms with Crippen molar-refractivity contribution < 1.29 is 5.21 Å². The lowest BCUT2D eigenvalue weighted by Gasteiger charge is -2.34. The lowest BCUT2D eigenvalue weighted by molar-refractivity contribution is -0.193. The molecule has 0 aromatic rings. The molecule has 1 saturated heterocycles. The van der Waals surface area contributed by atoms with Gasteiger partial charge in [0.05, 0.1) is 23.0 Å². The van der Waals surface area contributed by atoms with Crippen LogP contribution in [0.4, 0.5) is 0 Å². The van der Waals surface area contributed by atoms with Crippen molar-refractivity contribution in [3.8, 4) is 0 Å². The van der Waals surface area contributed by atoms with Gasteiger partial charge in [0.2, 0.25) is 5.96 Å². The third kappa shape index (κ3) is 4.08. The highest BCUT2D eigenvalue weighted by atomic mass is 35.5. The van der Waals surface area contributed by atoms with Crippen molar-refractivity contribution in [2.45, 2.75) is 63.0 Å². The fourth-order valence-electron chi connectivity index (χ4n) is 3.15. The number of rotatable bonds is 2. The molecule has 0 radical (unpaired) electrons. The van der Waals surface area contributed by atoms with Crippen molar-refractivity contribution in [1.29, 1.82) is 5.41 Å². The van der Waals surface area contributed by atoms with E-state index in [0.717, 1.165) is 0 Å². The lowest BCUT2D eigenvalue weighted by Crippen LogP contribution is -2.48. The standard InChI is InChI=1S/C16H23Cl2N5O/c1-15(2)8-13(16(3,4)23(15)24)22-14(20-9-19)21-12-6-10(17)5-11(18)7-12/h6-7,10,13,19,24H,5,8H2,1-4H3,(H,21,22). The maximum atomic E-state index is 10.4. The van der Waals surface area contributed by atoms with E-state index in [9.17, 15) is 5.21 Å². The van der Waals surface area contributed by atoms with Gasteiger partial charge in [0.25, 0.3) is 0 Å². The Balaban J connectivity index is 2.28. The Bertz CT molecular complexity index is 647. The summed E-state index contributed by atoms with van der Waals surface area (Å²) in [6.07, 6.45) is 4.82. The van der Waals surface area contributed by atoms with E-state index in [4.69, 9.17) is 28.6 Å². The first-order valence-corrected chi connectivity index (χ1v) is 8.56. The van der Waals surface area contributed by atoms with Crippen LogP contribution in [0.25, 0.3) is 0 Å². The molecule has 2 aliphatic rings. The van der Waals surface area contributed by atoms with Gasteiger partial charge in [-0.25, -0.2) is 10.4 Å². The van der Waals surface area contributed by atoms with Crippen LogP contribution in [-0.4, -0.2) is 44.7 Å². The summed E-state index contributed by atoms with van der Waals surface area (Å²) in [5.74, 6) is 0.243. The molecule has 3 N–H and O–H groups in total. The molecule has 2 unspecified atom stereocenters. The molecule has 0 saturated carbocycles. The molecule has 8 heteroatoms. The number of nitrogens with one attached hydrogen (secondary N) is 2. The molecule has 1 aliphatic carbocycles. The van der Waals surface area contributed by atoms with Gasteiger partial charge in [0.1, 0.15) is 0 Å². The molecule has 2 rings (SSSR count). The summed E-state index contributed by atoms with van der Waals surface area (Å²) in [5, 5.41) is 22.3. The van der Waals surface area contributed by atoms with Crippen LogP contribution in [0.3, 0.4) is 0 Å². The fourth-order valence-corrected chi connectivity index (χ4v) is 3.81. The molecule has 132 valence electrons. The highest BCUT2D eigenvalue weighted by molar-refractivity contribution is 6.31. The van der Waals surface area contributed by atoms with Gasteiger partial charge in [-0.05, 0) is 46.3 Å². The van der Waals surface area contributed by atoms with Gasteiger partial charge in [-0.1, -0.05) is 11.6 Å². The minimum atomic E-state index is -0.558. The van der Waals surface area contributed by atoms with Gasteiger partial charge >= 0.3 is 0 Å². The molecule has 6 nitrogen and oxygen atoms in total. The smallest absolute Gasteiger partial charge is 0.232 e. The molecular weight excluding hydrogens is 349 g/mol. The Morgan fingerprint density at radius 1 is 1.46 bits per heavy atom. The minimum Gasteiger partial charge on any atom is -0.324 e. The van der Waals surface area contributed by atoms with Crippen LogP contribution in [0.15, 0.2) is 32.9 Å². The van der Waals surface area contributed by atoms with E-state index in [2.05, 4.69) is 15.3 Å². The molecule has 24 heavy (non-hydrogen) atoms. The van der Waals surface area contributed by atoms with Gasteiger partial charge in [0.15, 0.2) is 0 Å². The van der Waals surface area contributed by atoms with E-state index in [-0.39, 0.29) is 17.4 Å². The fraction of sp³-hybridized carbons (Fsp3) is 0.625. The molecule has 1 aliphatic heterocycles. The number of hydrogen-bond donors (Lipinski definition) is 3. The van der Waals surface area contributed by atoms with Crippen LogP contribution in [0.1, 0.15) is 40.5 Å². The third-order valence-corrected chi connectivity index (χ3v) is 4.93. The van der Waals surface area contributed by atoms with Crippen LogP contribution < -0.4 is 5.32 Å². The number of guanidine groups is 1. The van der Waals surface area contributed by atoms with Gasteiger partial charge in [-0.3, -0.25) is 0 Å². The summed E-state index contributed by atoms with van der Waals surface area (Å²) >= 11 is 12.2. The first kappa shape index (κ1) is 19.2. The first-order chi connectivity index (χ1) is 11.1. The predicted octanol–water partition coefficient (Wildman–Crippen LogP) is 3.72. The molecule has 1 heterocycles. The number of halogens is 2. The second kappa shape index (κ2) is 6.98. The highest BCUT2D eigenvalue weighted by Crippen LogP contribution is 2.40. The lowest BCUT2D eigenvalue weighted by atomic mass is 9.95. The van der Waals surface area contributed by atoms with Crippen molar-refractivity contribution in [3.05, 3.63) is 22.9 Å². The molecule has 0 bridgehead atoms. The molecule has 1 fully saturated rings. The van der Waals surface area contributed by atoms with E-state index in [1.54, 1.807) is 6.08 Å². The van der Waals surface area contributed by atoms with E-state index in [0.29, 0.717) is 23.6 Å². The largest absolute Gasteiger partial charge is 0.324 e. The quantitative estimate of drug-likeness (QED) is 0.392. The highest BCUT2D eigenvalue weighted by Gasteiger charge is 2.51. The van der Waals surface area contributed by atoms with E-state index >= 15 is 0 Å². The molecule has 0 aromatic heterocycles. The normalized spacial score (nSPS) is 29.5. The van der Waals surface area contributed by atoms with Crippen LogP contribution in [-0.2, 0) is 0 Å². The van der Waals surface area contributed by atoms with E-state index in [1.807, 2.05) is 39.8 Å². The summed E-state index contributed by atoms with van der Waals surface area (Å²) in [5.41, 5.74) is -0.275. The Hall–Kier alpha value is -1.17. The number of aliphatic imine (C=N–C) groups is 2. The zero-order valence-electron chi connectivity index (χ0n) is 14.3. The molecule has 2 atom stereocenters. The average molecular weight is 372 g/mol. The second-order valence-corrected chi connectivity index (χ2v) is 8.28. The van der Waals surface area contributed by atoms with Crippen LogP contribution in [0, 0.1) is 5.41 Å². The SMILES string of the molecule is CC1(C)CC(N=C(N=C=N)NC2=CC(Cl)CC(Cl)=C2)C(C)(C)N1O.